The van der Waals surface area contributed by atoms with Crippen molar-refractivity contribution in [2.24, 2.45) is 23.2 Å². The Morgan fingerprint density at radius 2 is 1.50 bits per heavy atom. The Morgan fingerprint density at radius 1 is 0.900 bits per heavy atom. The average molecular weight is 280 g/mol. The van der Waals surface area contributed by atoms with Crippen LogP contribution in [0.15, 0.2) is 0 Å². The molecule has 0 aromatic rings. The molecule has 0 atom stereocenters. The van der Waals surface area contributed by atoms with Crippen molar-refractivity contribution in [1.29, 1.82) is 0 Å². The molecule has 20 heavy (non-hydrogen) atoms. The molecule has 0 unspecified atom stereocenters. The first-order chi connectivity index (χ1) is 9.51. The van der Waals surface area contributed by atoms with Gasteiger partial charge in [-0.05, 0) is 68.2 Å². The maximum Gasteiger partial charge on any atom is 0.00673 e. The van der Waals surface area contributed by atoms with Crippen molar-refractivity contribution in [2.45, 2.75) is 91.5 Å². The predicted octanol–water partition coefficient (Wildman–Crippen LogP) is 5.40. The van der Waals surface area contributed by atoms with E-state index in [0.29, 0.717) is 5.41 Å². The van der Waals surface area contributed by atoms with E-state index in [4.69, 9.17) is 0 Å². The highest BCUT2D eigenvalue weighted by atomic mass is 14.9. The lowest BCUT2D eigenvalue weighted by Gasteiger charge is -2.39. The van der Waals surface area contributed by atoms with Crippen molar-refractivity contribution < 1.29 is 0 Å². The van der Waals surface area contributed by atoms with E-state index in [1.54, 1.807) is 0 Å². The van der Waals surface area contributed by atoms with Gasteiger partial charge in [0.05, 0.1) is 0 Å². The van der Waals surface area contributed by atoms with Crippen molar-refractivity contribution in [3.8, 4) is 0 Å². The molecule has 0 saturated heterocycles. The zero-order chi connectivity index (χ0) is 14.6. The first kappa shape index (κ1) is 16.3. The molecule has 118 valence electrons. The molecular formula is C19H37N. The lowest BCUT2D eigenvalue weighted by Crippen LogP contribution is -2.39. The second-order valence-corrected chi connectivity index (χ2v) is 8.42. The average Bonchev–Trinajstić information content (AvgIpc) is 2.47. The molecule has 1 N–H and O–H groups in total. The zero-order valence-corrected chi connectivity index (χ0v) is 14.4. The summed E-state index contributed by atoms with van der Waals surface area (Å²) in [5, 5.41) is 3.90. The summed E-state index contributed by atoms with van der Waals surface area (Å²) < 4.78 is 0. The largest absolute Gasteiger partial charge is 0.314 e. The summed E-state index contributed by atoms with van der Waals surface area (Å²) in [6, 6.07) is 0.818. The first-order valence-corrected chi connectivity index (χ1v) is 9.24. The third-order valence-electron chi connectivity index (χ3n) is 6.57. The fourth-order valence-electron chi connectivity index (χ4n) is 4.23. The maximum absolute atomic E-state index is 3.90. The normalized spacial score (nSPS) is 36.0. The van der Waals surface area contributed by atoms with E-state index in [1.165, 1.54) is 64.3 Å². The van der Waals surface area contributed by atoms with Gasteiger partial charge in [0.1, 0.15) is 0 Å². The van der Waals surface area contributed by atoms with Crippen LogP contribution in [0.4, 0.5) is 0 Å². The van der Waals surface area contributed by atoms with Crippen molar-refractivity contribution in [3.05, 3.63) is 0 Å². The number of rotatable bonds is 5. The lowest BCUT2D eigenvalue weighted by atomic mass is 9.69. The van der Waals surface area contributed by atoms with Gasteiger partial charge in [0, 0.05) is 6.04 Å². The third kappa shape index (κ3) is 4.48. The Morgan fingerprint density at radius 3 is 2.05 bits per heavy atom. The van der Waals surface area contributed by atoms with E-state index >= 15 is 0 Å². The van der Waals surface area contributed by atoms with Crippen LogP contribution in [0, 0.1) is 23.2 Å². The minimum Gasteiger partial charge on any atom is -0.314 e. The molecule has 0 spiro atoms. The molecule has 1 nitrogen and oxygen atoms in total. The molecule has 0 aromatic carbocycles. The highest BCUT2D eigenvalue weighted by Crippen LogP contribution is 2.40. The van der Waals surface area contributed by atoms with Crippen molar-refractivity contribution >= 4 is 0 Å². The molecule has 0 heterocycles. The van der Waals surface area contributed by atoms with Crippen LogP contribution in [-0.4, -0.2) is 12.6 Å². The molecule has 0 aliphatic heterocycles. The van der Waals surface area contributed by atoms with Gasteiger partial charge in [0.15, 0.2) is 0 Å². The molecule has 2 rings (SSSR count). The van der Waals surface area contributed by atoms with Crippen molar-refractivity contribution in [3.63, 3.8) is 0 Å². The Kier molecular flexibility index (Phi) is 5.95. The molecule has 2 aliphatic carbocycles. The molecule has 2 fully saturated rings. The SMILES string of the molecule is CCC(C)(C)C1CCC(NCC2CCC(C)CC2)CC1. The minimum absolute atomic E-state index is 0.560. The van der Waals surface area contributed by atoms with Crippen LogP contribution in [0.3, 0.4) is 0 Å². The first-order valence-electron chi connectivity index (χ1n) is 9.24. The Labute approximate surface area is 127 Å². The summed E-state index contributed by atoms with van der Waals surface area (Å²) >= 11 is 0. The summed E-state index contributed by atoms with van der Waals surface area (Å²) in [7, 11) is 0. The van der Waals surface area contributed by atoms with E-state index in [0.717, 1.165) is 23.8 Å². The van der Waals surface area contributed by atoms with Gasteiger partial charge < -0.3 is 5.32 Å². The Balaban J connectivity index is 1.65. The molecule has 2 saturated carbocycles. The van der Waals surface area contributed by atoms with Crippen LogP contribution < -0.4 is 5.32 Å². The van der Waals surface area contributed by atoms with Gasteiger partial charge in [0.2, 0.25) is 0 Å². The van der Waals surface area contributed by atoms with E-state index in [-0.39, 0.29) is 0 Å². The summed E-state index contributed by atoms with van der Waals surface area (Å²) in [4.78, 5) is 0. The van der Waals surface area contributed by atoms with Crippen LogP contribution in [0.2, 0.25) is 0 Å². The highest BCUT2D eigenvalue weighted by Gasteiger charge is 2.31. The quantitative estimate of drug-likeness (QED) is 0.710. The van der Waals surface area contributed by atoms with Gasteiger partial charge in [-0.25, -0.2) is 0 Å². The van der Waals surface area contributed by atoms with Gasteiger partial charge in [-0.15, -0.1) is 0 Å². The van der Waals surface area contributed by atoms with Crippen molar-refractivity contribution in [2.75, 3.05) is 6.54 Å². The van der Waals surface area contributed by atoms with Gasteiger partial charge in [-0.3, -0.25) is 0 Å². The fraction of sp³-hybridized carbons (Fsp3) is 1.00. The molecule has 1 heteroatoms. The van der Waals surface area contributed by atoms with Gasteiger partial charge in [-0.2, -0.15) is 0 Å². The molecule has 0 radical (unpaired) electrons. The highest BCUT2D eigenvalue weighted by molar-refractivity contribution is 4.85. The summed E-state index contributed by atoms with van der Waals surface area (Å²) in [5.41, 5.74) is 0.560. The van der Waals surface area contributed by atoms with Crippen molar-refractivity contribution in [1.82, 2.24) is 5.32 Å². The molecule has 2 aliphatic rings. The van der Waals surface area contributed by atoms with E-state index in [1.807, 2.05) is 0 Å². The van der Waals surface area contributed by atoms with Crippen LogP contribution in [0.1, 0.15) is 85.5 Å². The topological polar surface area (TPSA) is 12.0 Å². The van der Waals surface area contributed by atoms with Crippen LogP contribution in [-0.2, 0) is 0 Å². The monoisotopic (exact) mass is 279 g/mol. The number of hydrogen-bond acceptors (Lipinski definition) is 1. The van der Waals surface area contributed by atoms with Gasteiger partial charge in [0.25, 0.3) is 0 Å². The van der Waals surface area contributed by atoms with Crippen LogP contribution in [0.25, 0.3) is 0 Å². The zero-order valence-electron chi connectivity index (χ0n) is 14.4. The maximum atomic E-state index is 3.90. The molecule has 0 bridgehead atoms. The summed E-state index contributed by atoms with van der Waals surface area (Å²) in [6.07, 6.45) is 12.9. The molecular weight excluding hydrogens is 242 g/mol. The summed E-state index contributed by atoms with van der Waals surface area (Å²) in [5.74, 6) is 2.91. The fourth-order valence-corrected chi connectivity index (χ4v) is 4.23. The number of hydrogen-bond donors (Lipinski definition) is 1. The second-order valence-electron chi connectivity index (χ2n) is 8.42. The Bertz CT molecular complexity index is 267. The molecule has 0 aromatic heterocycles. The number of nitrogens with one attached hydrogen (secondary N) is 1. The lowest BCUT2D eigenvalue weighted by molar-refractivity contribution is 0.134. The summed E-state index contributed by atoms with van der Waals surface area (Å²) in [6.45, 7) is 11.0. The standard InChI is InChI=1S/C19H37N/c1-5-19(3,4)17-10-12-18(13-11-17)20-14-16-8-6-15(2)7-9-16/h15-18,20H,5-14H2,1-4H3. The van der Waals surface area contributed by atoms with Gasteiger partial charge >= 0.3 is 0 Å². The van der Waals surface area contributed by atoms with E-state index in [9.17, 15) is 0 Å². The smallest absolute Gasteiger partial charge is 0.00673 e. The van der Waals surface area contributed by atoms with Crippen LogP contribution in [0.5, 0.6) is 0 Å². The predicted molar refractivity (Wildman–Crippen MR) is 88.9 cm³/mol. The van der Waals surface area contributed by atoms with E-state index < -0.39 is 0 Å². The van der Waals surface area contributed by atoms with Gasteiger partial charge in [-0.1, -0.05) is 47.0 Å². The molecule has 0 amide bonds. The Hall–Kier alpha value is -0.0400. The van der Waals surface area contributed by atoms with Crippen LogP contribution >= 0.6 is 0 Å². The minimum atomic E-state index is 0.560. The third-order valence-corrected chi connectivity index (χ3v) is 6.57. The van der Waals surface area contributed by atoms with E-state index in [2.05, 4.69) is 33.0 Å². The second kappa shape index (κ2) is 7.29.